The van der Waals surface area contributed by atoms with E-state index >= 15 is 0 Å². The molecule has 0 atom stereocenters. The van der Waals surface area contributed by atoms with Gasteiger partial charge in [0.05, 0.1) is 16.1 Å². The lowest BCUT2D eigenvalue weighted by Crippen LogP contribution is -2.16. The lowest BCUT2D eigenvalue weighted by Gasteiger charge is -2.15. The number of alkyl halides is 3. The van der Waals surface area contributed by atoms with Crippen LogP contribution >= 0.6 is 23.2 Å². The van der Waals surface area contributed by atoms with Gasteiger partial charge in [0.25, 0.3) is 5.91 Å². The molecule has 6 nitrogen and oxygen atoms in total. The molecule has 2 aromatic heterocycles. The van der Waals surface area contributed by atoms with Gasteiger partial charge in [0.15, 0.2) is 0 Å². The largest absolute Gasteiger partial charge is 0.433 e. The highest BCUT2D eigenvalue weighted by atomic mass is 35.5. The number of nitrogens with one attached hydrogen (secondary N) is 3. The fraction of sp³-hybridized carbons (Fsp3) is 0.143. The molecule has 0 spiro atoms. The summed E-state index contributed by atoms with van der Waals surface area (Å²) in [6.07, 6.45) is -2.16. The van der Waals surface area contributed by atoms with E-state index in [1.54, 1.807) is 24.3 Å². The van der Waals surface area contributed by atoms with Crippen LogP contribution in [0.15, 0.2) is 48.8 Å². The molecule has 166 valence electrons. The van der Waals surface area contributed by atoms with Crippen molar-refractivity contribution in [3.05, 3.63) is 81.2 Å². The third-order valence-corrected chi connectivity index (χ3v) is 4.96. The van der Waals surface area contributed by atoms with Gasteiger partial charge in [0.1, 0.15) is 11.5 Å². The number of pyridine rings is 2. The van der Waals surface area contributed by atoms with E-state index in [1.807, 2.05) is 0 Å². The van der Waals surface area contributed by atoms with E-state index in [9.17, 15) is 18.0 Å². The van der Waals surface area contributed by atoms with E-state index in [-0.39, 0.29) is 34.2 Å². The van der Waals surface area contributed by atoms with Gasteiger partial charge < -0.3 is 16.0 Å². The molecule has 0 radical (unpaired) electrons. The second-order valence-corrected chi connectivity index (χ2v) is 7.51. The molecule has 0 aliphatic rings. The maximum atomic E-state index is 12.7. The number of hydrogen-bond donors (Lipinski definition) is 3. The molecule has 0 bridgehead atoms. The van der Waals surface area contributed by atoms with Gasteiger partial charge in [-0.2, -0.15) is 13.2 Å². The highest BCUT2D eigenvalue weighted by Crippen LogP contribution is 2.29. The average Bonchev–Trinajstić information content (AvgIpc) is 2.73. The maximum Gasteiger partial charge on any atom is 0.433 e. The molecular formula is C21H16Cl2F3N5O. The number of carbonyl (C=O) groups excluding carboxylic acids is 1. The Morgan fingerprint density at radius 3 is 2.31 bits per heavy atom. The van der Waals surface area contributed by atoms with Crippen LogP contribution in [0, 0.1) is 5.41 Å². The third-order valence-electron chi connectivity index (χ3n) is 4.31. The Morgan fingerprint density at radius 1 is 1.06 bits per heavy atom. The SMILES string of the molecule is CC(=N)c1c(NCc2ccc(C(F)(F)F)nc2)ncc(C(=O)Nc2ccc(Cl)cc2)c1Cl. The average molecular weight is 482 g/mol. The highest BCUT2D eigenvalue weighted by molar-refractivity contribution is 6.38. The molecule has 3 N–H and O–H groups in total. The Kier molecular flexibility index (Phi) is 7.00. The van der Waals surface area contributed by atoms with Crippen molar-refractivity contribution >= 4 is 46.3 Å². The summed E-state index contributed by atoms with van der Waals surface area (Å²) in [5.41, 5.74) is 0.293. The zero-order valence-corrected chi connectivity index (χ0v) is 18.0. The number of aromatic nitrogens is 2. The fourth-order valence-corrected chi connectivity index (χ4v) is 3.23. The highest BCUT2D eigenvalue weighted by Gasteiger charge is 2.32. The predicted molar refractivity (Wildman–Crippen MR) is 118 cm³/mol. The molecule has 1 amide bonds. The Labute approximate surface area is 191 Å². The van der Waals surface area contributed by atoms with Gasteiger partial charge in [-0.15, -0.1) is 0 Å². The van der Waals surface area contributed by atoms with Crippen LogP contribution in [0.25, 0.3) is 0 Å². The summed E-state index contributed by atoms with van der Waals surface area (Å²) >= 11 is 12.2. The number of benzene rings is 1. The lowest BCUT2D eigenvalue weighted by molar-refractivity contribution is -0.141. The zero-order chi connectivity index (χ0) is 23.5. The van der Waals surface area contributed by atoms with Crippen molar-refractivity contribution in [2.24, 2.45) is 0 Å². The first kappa shape index (κ1) is 23.5. The first-order valence-electron chi connectivity index (χ1n) is 9.13. The van der Waals surface area contributed by atoms with E-state index in [0.29, 0.717) is 16.3 Å². The van der Waals surface area contributed by atoms with Gasteiger partial charge in [-0.1, -0.05) is 29.3 Å². The Balaban J connectivity index is 1.80. The van der Waals surface area contributed by atoms with Crippen molar-refractivity contribution in [2.45, 2.75) is 19.6 Å². The summed E-state index contributed by atoms with van der Waals surface area (Å²) < 4.78 is 38.0. The van der Waals surface area contributed by atoms with Crippen molar-refractivity contribution in [1.29, 1.82) is 5.41 Å². The predicted octanol–water partition coefficient (Wildman–Crippen LogP) is 6.05. The number of amides is 1. The molecule has 2 heterocycles. The molecular weight excluding hydrogens is 466 g/mol. The number of anilines is 2. The molecule has 32 heavy (non-hydrogen) atoms. The maximum absolute atomic E-state index is 12.7. The van der Waals surface area contributed by atoms with Crippen molar-refractivity contribution in [1.82, 2.24) is 9.97 Å². The molecule has 1 aromatic carbocycles. The van der Waals surface area contributed by atoms with Crippen LogP contribution in [0.5, 0.6) is 0 Å². The number of halogens is 5. The van der Waals surface area contributed by atoms with Gasteiger partial charge in [-0.3, -0.25) is 9.78 Å². The summed E-state index contributed by atoms with van der Waals surface area (Å²) in [6.45, 7) is 1.57. The number of rotatable bonds is 6. The summed E-state index contributed by atoms with van der Waals surface area (Å²) in [5.74, 6) is -0.309. The Bertz CT molecular complexity index is 1150. The molecule has 3 rings (SSSR count). The summed E-state index contributed by atoms with van der Waals surface area (Å²) in [7, 11) is 0. The Morgan fingerprint density at radius 2 is 1.75 bits per heavy atom. The molecule has 0 saturated carbocycles. The van der Waals surface area contributed by atoms with Crippen LogP contribution in [0.1, 0.15) is 34.1 Å². The summed E-state index contributed by atoms with van der Waals surface area (Å²) in [6, 6.07) is 8.65. The zero-order valence-electron chi connectivity index (χ0n) is 16.5. The number of carbonyl (C=O) groups is 1. The van der Waals surface area contributed by atoms with Gasteiger partial charge >= 0.3 is 6.18 Å². The molecule has 0 aliphatic carbocycles. The first-order chi connectivity index (χ1) is 15.1. The van der Waals surface area contributed by atoms with E-state index in [1.165, 1.54) is 19.2 Å². The van der Waals surface area contributed by atoms with E-state index in [0.717, 1.165) is 12.3 Å². The fourth-order valence-electron chi connectivity index (χ4n) is 2.74. The second-order valence-electron chi connectivity index (χ2n) is 6.70. The molecule has 0 saturated heterocycles. The first-order valence-corrected chi connectivity index (χ1v) is 9.89. The summed E-state index contributed by atoms with van der Waals surface area (Å²) in [4.78, 5) is 20.2. The molecule has 0 aliphatic heterocycles. The van der Waals surface area contributed by atoms with Crippen LogP contribution in [0.3, 0.4) is 0 Å². The normalized spacial score (nSPS) is 11.2. The molecule has 0 unspecified atom stereocenters. The minimum absolute atomic E-state index is 0.0204. The molecule has 3 aromatic rings. The van der Waals surface area contributed by atoms with E-state index < -0.39 is 17.8 Å². The topological polar surface area (TPSA) is 90.8 Å². The minimum Gasteiger partial charge on any atom is -0.365 e. The standard InChI is InChI=1S/C21H16Cl2F3N5O/c1-11(27)17-18(23)15(20(32)31-14-5-3-13(22)4-6-14)10-30-19(17)29-9-12-2-7-16(28-8-12)21(24,25)26/h2-8,10,27H,9H2,1H3,(H,29,30)(H,31,32). The van der Waals surface area contributed by atoms with Crippen LogP contribution in [-0.2, 0) is 12.7 Å². The van der Waals surface area contributed by atoms with Crippen molar-refractivity contribution < 1.29 is 18.0 Å². The van der Waals surface area contributed by atoms with Gasteiger partial charge in [-0.05, 0) is 42.8 Å². The number of hydrogen-bond acceptors (Lipinski definition) is 5. The lowest BCUT2D eigenvalue weighted by atomic mass is 10.1. The van der Waals surface area contributed by atoms with Gasteiger partial charge in [0, 0.05) is 35.4 Å². The second kappa shape index (κ2) is 9.54. The quantitative estimate of drug-likeness (QED) is 0.373. The van der Waals surface area contributed by atoms with Gasteiger partial charge in [-0.25, -0.2) is 4.98 Å². The van der Waals surface area contributed by atoms with E-state index in [2.05, 4.69) is 20.6 Å². The van der Waals surface area contributed by atoms with Crippen molar-refractivity contribution in [2.75, 3.05) is 10.6 Å². The van der Waals surface area contributed by atoms with Crippen LogP contribution in [0.4, 0.5) is 24.7 Å². The molecule has 11 heteroatoms. The number of nitrogens with zero attached hydrogens (tertiary/aromatic N) is 2. The molecule has 0 fully saturated rings. The third kappa shape index (κ3) is 5.54. The Hall–Kier alpha value is -3.17. The van der Waals surface area contributed by atoms with Crippen molar-refractivity contribution in [3.8, 4) is 0 Å². The van der Waals surface area contributed by atoms with Crippen LogP contribution in [0.2, 0.25) is 10.0 Å². The van der Waals surface area contributed by atoms with Crippen molar-refractivity contribution in [3.63, 3.8) is 0 Å². The smallest absolute Gasteiger partial charge is 0.365 e. The minimum atomic E-state index is -4.52. The van der Waals surface area contributed by atoms with Crippen LogP contribution < -0.4 is 10.6 Å². The van der Waals surface area contributed by atoms with Gasteiger partial charge in [0.2, 0.25) is 0 Å². The van der Waals surface area contributed by atoms with E-state index in [4.69, 9.17) is 28.6 Å². The van der Waals surface area contributed by atoms with Crippen LogP contribution in [-0.4, -0.2) is 21.6 Å². The monoisotopic (exact) mass is 481 g/mol. The summed E-state index contributed by atoms with van der Waals surface area (Å²) in [5, 5.41) is 14.2.